The first-order chi connectivity index (χ1) is 14.0. The molecule has 3 atom stereocenters. The van der Waals surface area contributed by atoms with Crippen LogP contribution in [-0.4, -0.2) is 67.1 Å². The van der Waals surface area contributed by atoms with Crippen LogP contribution in [0.2, 0.25) is 0 Å². The predicted octanol–water partition coefficient (Wildman–Crippen LogP) is 3.94. The molecule has 2 heterocycles. The van der Waals surface area contributed by atoms with Gasteiger partial charge in [-0.3, -0.25) is 9.89 Å². The Hall–Kier alpha value is -0.860. The summed E-state index contributed by atoms with van der Waals surface area (Å²) in [7, 11) is 1.89. The maximum Gasteiger partial charge on any atom is 0.191 e. The van der Waals surface area contributed by atoms with Gasteiger partial charge in [0.15, 0.2) is 5.96 Å². The minimum absolute atomic E-state index is 0. The molecule has 0 bridgehead atoms. The zero-order chi connectivity index (χ0) is 20.6. The standard InChI is InChI=1S/C24H41N5.HI/c1-19(2)28-13-8-11-22(18-28)16-26-24(25-4)27-23-12-14-29(20(3)15-23)17-21-9-6-5-7-10-21;/h5-7,9-10,19-20,22-23H,8,11-18H2,1-4H3,(H2,25,26,27);1H. The maximum absolute atomic E-state index is 4.50. The molecular formula is C24H42IN5. The average Bonchev–Trinajstić information content (AvgIpc) is 2.74. The molecule has 2 N–H and O–H groups in total. The van der Waals surface area contributed by atoms with Gasteiger partial charge in [0.1, 0.15) is 0 Å². The SMILES string of the molecule is CN=C(NCC1CCCN(C(C)C)C1)NC1CCN(Cc2ccccc2)C(C)C1.I. The van der Waals surface area contributed by atoms with Crippen LogP contribution < -0.4 is 10.6 Å². The van der Waals surface area contributed by atoms with Crippen molar-refractivity contribution >= 4 is 29.9 Å². The van der Waals surface area contributed by atoms with Gasteiger partial charge in [0.25, 0.3) is 0 Å². The van der Waals surface area contributed by atoms with Crippen LogP contribution in [0.3, 0.4) is 0 Å². The first kappa shape index (κ1) is 25.4. The van der Waals surface area contributed by atoms with E-state index in [9.17, 15) is 0 Å². The molecule has 170 valence electrons. The number of halogens is 1. The Kier molecular flexibility index (Phi) is 10.9. The molecule has 3 unspecified atom stereocenters. The third-order valence-corrected chi connectivity index (χ3v) is 6.65. The fraction of sp³-hybridized carbons (Fsp3) is 0.708. The number of guanidine groups is 1. The second-order valence-corrected chi connectivity index (χ2v) is 9.22. The van der Waals surface area contributed by atoms with E-state index in [1.807, 2.05) is 7.05 Å². The zero-order valence-electron chi connectivity index (χ0n) is 19.3. The lowest BCUT2D eigenvalue weighted by atomic mass is 9.96. The van der Waals surface area contributed by atoms with Gasteiger partial charge in [-0.2, -0.15) is 0 Å². The number of hydrogen-bond donors (Lipinski definition) is 2. The molecule has 3 rings (SSSR count). The molecule has 5 nitrogen and oxygen atoms in total. The van der Waals surface area contributed by atoms with Crippen molar-refractivity contribution in [2.45, 2.75) is 71.1 Å². The normalized spacial score (nSPS) is 26.3. The number of piperidine rings is 2. The Labute approximate surface area is 201 Å². The van der Waals surface area contributed by atoms with E-state index in [0.717, 1.165) is 37.9 Å². The van der Waals surface area contributed by atoms with E-state index in [1.54, 1.807) is 0 Å². The van der Waals surface area contributed by atoms with E-state index < -0.39 is 0 Å². The lowest BCUT2D eigenvalue weighted by Gasteiger charge is -2.39. The van der Waals surface area contributed by atoms with Crippen molar-refractivity contribution in [1.82, 2.24) is 20.4 Å². The highest BCUT2D eigenvalue weighted by Gasteiger charge is 2.26. The van der Waals surface area contributed by atoms with Gasteiger partial charge in [0.2, 0.25) is 0 Å². The third kappa shape index (κ3) is 7.68. The number of likely N-dealkylation sites (tertiary alicyclic amines) is 2. The quantitative estimate of drug-likeness (QED) is 0.334. The van der Waals surface area contributed by atoms with Gasteiger partial charge >= 0.3 is 0 Å². The molecule has 0 spiro atoms. The summed E-state index contributed by atoms with van der Waals surface area (Å²) in [4.78, 5) is 9.71. The number of hydrogen-bond acceptors (Lipinski definition) is 3. The van der Waals surface area contributed by atoms with Crippen LogP contribution in [0.1, 0.15) is 52.0 Å². The first-order valence-electron chi connectivity index (χ1n) is 11.5. The first-order valence-corrected chi connectivity index (χ1v) is 11.5. The summed E-state index contributed by atoms with van der Waals surface area (Å²) < 4.78 is 0. The fourth-order valence-corrected chi connectivity index (χ4v) is 4.77. The van der Waals surface area contributed by atoms with E-state index in [-0.39, 0.29) is 24.0 Å². The molecule has 2 saturated heterocycles. The lowest BCUT2D eigenvalue weighted by Crippen LogP contribution is -2.52. The molecule has 0 aliphatic carbocycles. The van der Waals surface area contributed by atoms with Gasteiger partial charge in [-0.1, -0.05) is 30.3 Å². The number of nitrogens with one attached hydrogen (secondary N) is 2. The van der Waals surface area contributed by atoms with Crippen LogP contribution in [0.5, 0.6) is 0 Å². The molecule has 0 saturated carbocycles. The van der Waals surface area contributed by atoms with E-state index in [0.29, 0.717) is 18.1 Å². The summed E-state index contributed by atoms with van der Waals surface area (Å²) in [5.41, 5.74) is 1.41. The van der Waals surface area contributed by atoms with Crippen molar-refractivity contribution < 1.29 is 0 Å². The Morgan fingerprint density at radius 1 is 1.17 bits per heavy atom. The van der Waals surface area contributed by atoms with Crippen LogP contribution in [0.4, 0.5) is 0 Å². The van der Waals surface area contributed by atoms with E-state index in [2.05, 4.69) is 76.5 Å². The second kappa shape index (κ2) is 12.9. The summed E-state index contributed by atoms with van der Waals surface area (Å²) in [5.74, 6) is 1.69. The van der Waals surface area contributed by atoms with Crippen molar-refractivity contribution in [3.63, 3.8) is 0 Å². The molecule has 2 aliphatic heterocycles. The summed E-state index contributed by atoms with van der Waals surface area (Å²) in [6, 6.07) is 12.6. The van der Waals surface area contributed by atoms with Crippen molar-refractivity contribution in [2.24, 2.45) is 10.9 Å². The zero-order valence-corrected chi connectivity index (χ0v) is 21.6. The van der Waals surface area contributed by atoms with Gasteiger partial charge in [-0.25, -0.2) is 0 Å². The van der Waals surface area contributed by atoms with Crippen molar-refractivity contribution in [2.75, 3.05) is 33.2 Å². The molecule has 0 aromatic heterocycles. The van der Waals surface area contributed by atoms with Gasteiger partial charge < -0.3 is 15.5 Å². The summed E-state index contributed by atoms with van der Waals surface area (Å²) in [6.07, 6.45) is 4.97. The van der Waals surface area contributed by atoms with E-state index in [1.165, 1.54) is 37.9 Å². The number of nitrogens with zero attached hydrogens (tertiary/aromatic N) is 3. The molecular weight excluding hydrogens is 485 g/mol. The largest absolute Gasteiger partial charge is 0.356 e. The maximum atomic E-state index is 4.50. The molecule has 2 fully saturated rings. The second-order valence-electron chi connectivity index (χ2n) is 9.22. The smallest absolute Gasteiger partial charge is 0.191 e. The van der Waals surface area contributed by atoms with Crippen LogP contribution in [0.25, 0.3) is 0 Å². The van der Waals surface area contributed by atoms with Crippen LogP contribution in [0.15, 0.2) is 35.3 Å². The predicted molar refractivity (Wildman–Crippen MR) is 139 cm³/mol. The average molecular weight is 528 g/mol. The minimum atomic E-state index is 0. The van der Waals surface area contributed by atoms with E-state index in [4.69, 9.17) is 0 Å². The highest BCUT2D eigenvalue weighted by atomic mass is 127. The molecule has 1 aromatic carbocycles. The summed E-state index contributed by atoms with van der Waals surface area (Å²) in [6.45, 7) is 12.6. The third-order valence-electron chi connectivity index (χ3n) is 6.65. The lowest BCUT2D eigenvalue weighted by molar-refractivity contribution is 0.133. The molecule has 0 radical (unpaired) electrons. The highest BCUT2D eigenvalue weighted by Crippen LogP contribution is 2.20. The Balaban J connectivity index is 0.00000320. The topological polar surface area (TPSA) is 42.9 Å². The monoisotopic (exact) mass is 527 g/mol. The van der Waals surface area contributed by atoms with E-state index >= 15 is 0 Å². The Bertz CT molecular complexity index is 636. The minimum Gasteiger partial charge on any atom is -0.356 e. The molecule has 2 aliphatic rings. The molecule has 1 aromatic rings. The molecule has 0 amide bonds. The van der Waals surface area contributed by atoms with Crippen LogP contribution >= 0.6 is 24.0 Å². The van der Waals surface area contributed by atoms with Crippen LogP contribution in [-0.2, 0) is 6.54 Å². The fourth-order valence-electron chi connectivity index (χ4n) is 4.77. The highest BCUT2D eigenvalue weighted by molar-refractivity contribution is 14.0. The molecule has 6 heteroatoms. The number of benzene rings is 1. The van der Waals surface area contributed by atoms with Gasteiger partial charge in [-0.05, 0) is 64.5 Å². The van der Waals surface area contributed by atoms with Gasteiger partial charge in [0.05, 0.1) is 0 Å². The number of aliphatic imine (C=N–C) groups is 1. The van der Waals surface area contributed by atoms with Crippen molar-refractivity contribution in [3.8, 4) is 0 Å². The van der Waals surface area contributed by atoms with Crippen molar-refractivity contribution in [1.29, 1.82) is 0 Å². The number of rotatable bonds is 6. The van der Waals surface area contributed by atoms with Crippen LogP contribution in [0, 0.1) is 5.92 Å². The summed E-state index contributed by atoms with van der Waals surface area (Å²) >= 11 is 0. The van der Waals surface area contributed by atoms with Crippen molar-refractivity contribution in [3.05, 3.63) is 35.9 Å². The Morgan fingerprint density at radius 2 is 1.93 bits per heavy atom. The Morgan fingerprint density at radius 3 is 2.60 bits per heavy atom. The van der Waals surface area contributed by atoms with Gasteiger partial charge in [-0.15, -0.1) is 24.0 Å². The summed E-state index contributed by atoms with van der Waals surface area (Å²) in [5, 5.41) is 7.30. The van der Waals surface area contributed by atoms with Gasteiger partial charge in [0, 0.05) is 51.4 Å². The molecule has 30 heavy (non-hydrogen) atoms.